The Morgan fingerprint density at radius 2 is 1.95 bits per heavy atom. The predicted molar refractivity (Wildman–Crippen MR) is 82.3 cm³/mol. The third-order valence-electron chi connectivity index (χ3n) is 3.71. The number of hydrogen-bond acceptors (Lipinski definition) is 5. The Bertz CT molecular complexity index is 673. The van der Waals surface area contributed by atoms with E-state index in [1.165, 1.54) is 4.90 Å². The first kappa shape index (κ1) is 14.2. The number of amides is 1. The van der Waals surface area contributed by atoms with E-state index < -0.39 is 6.09 Å². The fraction of sp³-hybridized carbons (Fsp3) is 0.357. The Hall–Kier alpha value is -2.77. The first-order chi connectivity index (χ1) is 10.5. The topological polar surface area (TPSA) is 101 Å². The van der Waals surface area contributed by atoms with Crippen molar-refractivity contribution in [1.29, 1.82) is 0 Å². The third kappa shape index (κ3) is 2.67. The number of hydrogen-bond donors (Lipinski definition) is 2. The first-order valence-corrected chi connectivity index (χ1v) is 7.06. The van der Waals surface area contributed by atoms with Gasteiger partial charge in [-0.15, -0.1) is 5.10 Å². The number of piperazine rings is 1. The second-order valence-corrected chi connectivity index (χ2v) is 5.29. The van der Waals surface area contributed by atoms with Crippen molar-refractivity contribution in [3.63, 3.8) is 0 Å². The van der Waals surface area contributed by atoms with Crippen LogP contribution in [0, 0.1) is 6.92 Å². The predicted octanol–water partition coefficient (Wildman–Crippen LogP) is 0.958. The van der Waals surface area contributed by atoms with Gasteiger partial charge in [-0.2, -0.15) is 4.68 Å². The van der Waals surface area contributed by atoms with E-state index in [9.17, 15) is 4.79 Å². The molecule has 1 aliphatic heterocycles. The van der Waals surface area contributed by atoms with Crippen LogP contribution in [0.1, 0.15) is 5.56 Å². The summed E-state index contributed by atoms with van der Waals surface area (Å²) in [4.78, 5) is 18.7. The van der Waals surface area contributed by atoms with Crippen LogP contribution in [0.15, 0.2) is 24.4 Å². The van der Waals surface area contributed by atoms with E-state index in [0.717, 1.165) is 11.4 Å². The molecule has 0 unspecified atom stereocenters. The van der Waals surface area contributed by atoms with Gasteiger partial charge in [-0.25, -0.2) is 9.78 Å². The lowest BCUT2D eigenvalue weighted by molar-refractivity contribution is 0.142. The van der Waals surface area contributed by atoms with Crippen LogP contribution in [-0.4, -0.2) is 57.0 Å². The van der Waals surface area contributed by atoms with Crippen molar-refractivity contribution in [3.8, 4) is 5.82 Å². The van der Waals surface area contributed by atoms with Crippen molar-refractivity contribution in [1.82, 2.24) is 19.7 Å². The Balaban J connectivity index is 1.78. The average molecular weight is 302 g/mol. The van der Waals surface area contributed by atoms with Gasteiger partial charge in [0.2, 0.25) is 0 Å². The molecule has 3 N–H and O–H groups in total. The molecule has 0 bridgehead atoms. The first-order valence-electron chi connectivity index (χ1n) is 7.06. The number of carboxylic acid groups (broad SMARTS) is 1. The SMILES string of the molecule is Cc1ccc(-n2nc(N3CCN(C(=O)O)CC3)cc2N)nc1. The minimum absolute atomic E-state index is 0.463. The Morgan fingerprint density at radius 3 is 2.55 bits per heavy atom. The van der Waals surface area contributed by atoms with Gasteiger partial charge in [0.1, 0.15) is 5.82 Å². The van der Waals surface area contributed by atoms with E-state index in [1.54, 1.807) is 16.9 Å². The van der Waals surface area contributed by atoms with Crippen molar-refractivity contribution in [2.45, 2.75) is 6.92 Å². The number of nitrogens with two attached hydrogens (primary N) is 1. The fourth-order valence-electron chi connectivity index (χ4n) is 2.43. The van der Waals surface area contributed by atoms with E-state index in [-0.39, 0.29) is 0 Å². The summed E-state index contributed by atoms with van der Waals surface area (Å²) in [6.07, 6.45) is 0.885. The monoisotopic (exact) mass is 302 g/mol. The molecule has 0 aromatic carbocycles. The van der Waals surface area contributed by atoms with Crippen molar-refractivity contribution >= 4 is 17.7 Å². The summed E-state index contributed by atoms with van der Waals surface area (Å²) < 4.78 is 1.60. The molecule has 0 radical (unpaired) electrons. The van der Waals surface area contributed by atoms with Gasteiger partial charge < -0.3 is 20.6 Å². The molecule has 8 nitrogen and oxygen atoms in total. The van der Waals surface area contributed by atoms with Crippen LogP contribution in [0.3, 0.4) is 0 Å². The number of carbonyl (C=O) groups is 1. The highest BCUT2D eigenvalue weighted by Crippen LogP contribution is 2.20. The summed E-state index contributed by atoms with van der Waals surface area (Å²) in [5.41, 5.74) is 7.09. The molecule has 22 heavy (non-hydrogen) atoms. The fourth-order valence-corrected chi connectivity index (χ4v) is 2.43. The van der Waals surface area contributed by atoms with Crippen molar-refractivity contribution < 1.29 is 9.90 Å². The molecule has 0 aliphatic carbocycles. The lowest BCUT2D eigenvalue weighted by Gasteiger charge is -2.33. The summed E-state index contributed by atoms with van der Waals surface area (Å²) in [7, 11) is 0. The van der Waals surface area contributed by atoms with Crippen LogP contribution in [0.25, 0.3) is 5.82 Å². The summed E-state index contributed by atoms with van der Waals surface area (Å²) in [6.45, 7) is 4.10. The van der Waals surface area contributed by atoms with Crippen molar-refractivity contribution in [2.24, 2.45) is 0 Å². The van der Waals surface area contributed by atoms with E-state index in [2.05, 4.69) is 10.1 Å². The van der Waals surface area contributed by atoms with E-state index in [1.807, 2.05) is 24.0 Å². The smallest absolute Gasteiger partial charge is 0.407 e. The quantitative estimate of drug-likeness (QED) is 0.857. The number of nitrogen functional groups attached to an aromatic ring is 1. The van der Waals surface area contributed by atoms with Gasteiger partial charge in [0.25, 0.3) is 0 Å². The van der Waals surface area contributed by atoms with Gasteiger partial charge in [-0.3, -0.25) is 0 Å². The highest BCUT2D eigenvalue weighted by Gasteiger charge is 2.22. The highest BCUT2D eigenvalue weighted by atomic mass is 16.4. The number of aryl methyl sites for hydroxylation is 1. The summed E-state index contributed by atoms with van der Waals surface area (Å²) >= 11 is 0. The number of anilines is 2. The van der Waals surface area contributed by atoms with Gasteiger partial charge in [-0.05, 0) is 18.6 Å². The van der Waals surface area contributed by atoms with Gasteiger partial charge >= 0.3 is 6.09 Å². The largest absolute Gasteiger partial charge is 0.465 e. The average Bonchev–Trinajstić information content (AvgIpc) is 2.90. The zero-order chi connectivity index (χ0) is 15.7. The maximum atomic E-state index is 10.9. The van der Waals surface area contributed by atoms with Crippen molar-refractivity contribution in [2.75, 3.05) is 36.8 Å². The number of rotatable bonds is 2. The number of pyridine rings is 1. The molecular formula is C14H18N6O2. The molecule has 1 fully saturated rings. The lowest BCUT2D eigenvalue weighted by atomic mass is 10.3. The summed E-state index contributed by atoms with van der Waals surface area (Å²) in [5.74, 6) is 1.91. The third-order valence-corrected chi connectivity index (χ3v) is 3.71. The zero-order valence-electron chi connectivity index (χ0n) is 12.3. The molecule has 0 atom stereocenters. The van der Waals surface area contributed by atoms with Crippen LogP contribution < -0.4 is 10.6 Å². The van der Waals surface area contributed by atoms with E-state index in [4.69, 9.17) is 10.8 Å². The summed E-state index contributed by atoms with van der Waals surface area (Å²) in [5, 5.41) is 13.5. The zero-order valence-corrected chi connectivity index (χ0v) is 12.3. The lowest BCUT2D eigenvalue weighted by Crippen LogP contribution is -2.48. The van der Waals surface area contributed by atoms with Gasteiger partial charge in [-0.1, -0.05) is 6.07 Å². The van der Waals surface area contributed by atoms with Crippen LogP contribution in [0.5, 0.6) is 0 Å². The molecule has 1 saturated heterocycles. The molecule has 3 heterocycles. The second-order valence-electron chi connectivity index (χ2n) is 5.29. The van der Waals surface area contributed by atoms with Crippen LogP contribution >= 0.6 is 0 Å². The maximum absolute atomic E-state index is 10.9. The number of aromatic nitrogens is 3. The molecule has 8 heteroatoms. The Labute approximate surface area is 127 Å². The number of nitrogens with zero attached hydrogens (tertiary/aromatic N) is 5. The second kappa shape index (κ2) is 5.55. The van der Waals surface area contributed by atoms with Crippen LogP contribution in [-0.2, 0) is 0 Å². The molecule has 1 aliphatic rings. The molecule has 116 valence electrons. The molecule has 2 aromatic rings. The molecule has 3 rings (SSSR count). The molecule has 0 spiro atoms. The van der Waals surface area contributed by atoms with Crippen molar-refractivity contribution in [3.05, 3.63) is 30.0 Å². The Kier molecular flexibility index (Phi) is 3.58. The standard InChI is InChI=1S/C14H18N6O2/c1-10-2-3-12(16-9-10)20-11(15)8-13(17-20)18-4-6-19(7-5-18)14(21)22/h2-3,8-9H,4-7,15H2,1H3,(H,21,22). The van der Waals surface area contributed by atoms with Crippen LogP contribution in [0.4, 0.5) is 16.4 Å². The van der Waals surface area contributed by atoms with E-state index in [0.29, 0.717) is 37.8 Å². The molecular weight excluding hydrogens is 284 g/mol. The minimum atomic E-state index is -0.881. The van der Waals surface area contributed by atoms with E-state index >= 15 is 0 Å². The normalized spacial score (nSPS) is 15.1. The minimum Gasteiger partial charge on any atom is -0.465 e. The van der Waals surface area contributed by atoms with Gasteiger partial charge in [0.05, 0.1) is 0 Å². The van der Waals surface area contributed by atoms with Crippen LogP contribution in [0.2, 0.25) is 0 Å². The maximum Gasteiger partial charge on any atom is 0.407 e. The molecule has 1 amide bonds. The summed E-state index contributed by atoms with van der Waals surface area (Å²) in [6, 6.07) is 5.61. The molecule has 0 saturated carbocycles. The highest BCUT2D eigenvalue weighted by molar-refractivity contribution is 5.65. The Morgan fingerprint density at radius 1 is 1.23 bits per heavy atom. The molecule has 2 aromatic heterocycles. The van der Waals surface area contributed by atoms with Gasteiger partial charge in [0, 0.05) is 38.4 Å². The van der Waals surface area contributed by atoms with Gasteiger partial charge in [0.15, 0.2) is 11.6 Å².